The van der Waals surface area contributed by atoms with Crippen molar-refractivity contribution in [3.63, 3.8) is 0 Å². The first-order valence-electron chi connectivity index (χ1n) is 6.79. The van der Waals surface area contributed by atoms with Crippen LogP contribution in [-0.2, 0) is 0 Å². The molecule has 0 aromatic heterocycles. The maximum atomic E-state index is 12.3. The van der Waals surface area contributed by atoms with E-state index < -0.39 is 4.92 Å². The van der Waals surface area contributed by atoms with Gasteiger partial charge in [-0.15, -0.1) is 0 Å². The molecule has 1 N–H and O–H groups in total. The Morgan fingerprint density at radius 3 is 2.48 bits per heavy atom. The highest BCUT2D eigenvalue weighted by atomic mass is 16.6. The van der Waals surface area contributed by atoms with Gasteiger partial charge in [0.2, 0.25) is 0 Å². The average Bonchev–Trinajstić information content (AvgIpc) is 2.43. The molecule has 7 nitrogen and oxygen atoms in total. The molecule has 1 aromatic rings. The molecule has 0 aliphatic rings. The van der Waals surface area contributed by atoms with E-state index >= 15 is 0 Å². The Morgan fingerprint density at radius 1 is 1.29 bits per heavy atom. The number of carbonyl (C=O) groups excluding carboxylic acids is 1. The molecular weight excluding hydrogens is 272 g/mol. The van der Waals surface area contributed by atoms with Crippen molar-refractivity contribution in [2.75, 3.05) is 46.1 Å². The van der Waals surface area contributed by atoms with Gasteiger partial charge in [0.1, 0.15) is 5.69 Å². The number of nitro groups is 1. The molecule has 0 fully saturated rings. The van der Waals surface area contributed by atoms with Crippen molar-refractivity contribution < 1.29 is 9.72 Å². The molecule has 1 amide bonds. The number of hydrogen-bond acceptors (Lipinski definition) is 5. The Kier molecular flexibility index (Phi) is 6.10. The fourth-order valence-corrected chi connectivity index (χ4v) is 1.83. The maximum absolute atomic E-state index is 12.3. The van der Waals surface area contributed by atoms with Crippen molar-refractivity contribution in [3.8, 4) is 0 Å². The third-order valence-electron chi connectivity index (χ3n) is 3.04. The van der Waals surface area contributed by atoms with Gasteiger partial charge in [-0.3, -0.25) is 14.9 Å². The van der Waals surface area contributed by atoms with Crippen LogP contribution in [0.1, 0.15) is 17.3 Å². The van der Waals surface area contributed by atoms with Crippen molar-refractivity contribution >= 4 is 17.3 Å². The van der Waals surface area contributed by atoms with Crippen molar-refractivity contribution in [1.29, 1.82) is 0 Å². The highest BCUT2D eigenvalue weighted by molar-refractivity contribution is 5.95. The predicted octanol–water partition coefficient (Wildman–Crippen LogP) is 1.66. The first-order chi connectivity index (χ1) is 9.86. The molecule has 0 bridgehead atoms. The largest absolute Gasteiger partial charge is 0.380 e. The molecule has 0 heterocycles. The predicted molar refractivity (Wildman–Crippen MR) is 82.8 cm³/mol. The summed E-state index contributed by atoms with van der Waals surface area (Å²) in [5.74, 6) is -0.147. The van der Waals surface area contributed by atoms with E-state index in [1.165, 1.54) is 18.2 Å². The first-order valence-corrected chi connectivity index (χ1v) is 6.79. The highest BCUT2D eigenvalue weighted by Gasteiger charge is 2.18. The highest BCUT2D eigenvalue weighted by Crippen LogP contribution is 2.25. The van der Waals surface area contributed by atoms with Crippen LogP contribution in [0.5, 0.6) is 0 Å². The van der Waals surface area contributed by atoms with E-state index in [1.54, 1.807) is 11.9 Å². The van der Waals surface area contributed by atoms with Gasteiger partial charge >= 0.3 is 0 Å². The van der Waals surface area contributed by atoms with Gasteiger partial charge in [-0.2, -0.15) is 0 Å². The molecule has 7 heteroatoms. The zero-order valence-corrected chi connectivity index (χ0v) is 12.9. The summed E-state index contributed by atoms with van der Waals surface area (Å²) in [7, 11) is 5.60. The van der Waals surface area contributed by atoms with Crippen LogP contribution in [0.15, 0.2) is 18.2 Å². The maximum Gasteiger partial charge on any atom is 0.292 e. The van der Waals surface area contributed by atoms with Gasteiger partial charge in [0.05, 0.1) is 4.92 Å². The standard InChI is InChI=1S/C14H22N4O3/c1-5-15-12-10-11(6-7-13(12)18(20)21)14(19)17(4)9-8-16(2)3/h6-7,10,15H,5,8-9H2,1-4H3. The molecule has 0 saturated carbocycles. The summed E-state index contributed by atoms with van der Waals surface area (Å²) in [6.07, 6.45) is 0. The second-order valence-corrected chi connectivity index (χ2v) is 5.05. The Labute approximate surface area is 124 Å². The SMILES string of the molecule is CCNc1cc(C(=O)N(C)CCN(C)C)ccc1[N+](=O)[O-]. The number of nitro benzene ring substituents is 1. The quantitative estimate of drug-likeness (QED) is 0.611. The van der Waals surface area contributed by atoms with Gasteiger partial charge in [-0.25, -0.2) is 0 Å². The summed E-state index contributed by atoms with van der Waals surface area (Å²) in [6, 6.07) is 4.40. The smallest absolute Gasteiger partial charge is 0.292 e. The number of benzene rings is 1. The second-order valence-electron chi connectivity index (χ2n) is 5.05. The van der Waals surface area contributed by atoms with Crippen LogP contribution < -0.4 is 5.32 Å². The molecular formula is C14H22N4O3. The third-order valence-corrected chi connectivity index (χ3v) is 3.04. The lowest BCUT2D eigenvalue weighted by Gasteiger charge is -2.20. The Morgan fingerprint density at radius 2 is 1.95 bits per heavy atom. The number of hydrogen-bond donors (Lipinski definition) is 1. The Bertz CT molecular complexity index is 517. The summed E-state index contributed by atoms with van der Waals surface area (Å²) >= 11 is 0. The molecule has 0 atom stereocenters. The van der Waals surface area contributed by atoms with Gasteiger partial charge in [0, 0.05) is 38.3 Å². The molecule has 0 unspecified atom stereocenters. The zero-order chi connectivity index (χ0) is 16.0. The monoisotopic (exact) mass is 294 g/mol. The Balaban J connectivity index is 2.94. The first kappa shape index (κ1) is 16.9. The molecule has 0 radical (unpaired) electrons. The van der Waals surface area contributed by atoms with Crippen LogP contribution in [0.2, 0.25) is 0 Å². The van der Waals surface area contributed by atoms with Crippen LogP contribution >= 0.6 is 0 Å². The van der Waals surface area contributed by atoms with Crippen molar-refractivity contribution in [2.24, 2.45) is 0 Å². The summed E-state index contributed by atoms with van der Waals surface area (Å²) in [6.45, 7) is 3.75. The van der Waals surface area contributed by atoms with Crippen LogP contribution in [-0.4, -0.2) is 61.4 Å². The van der Waals surface area contributed by atoms with E-state index in [2.05, 4.69) is 5.32 Å². The summed E-state index contributed by atoms with van der Waals surface area (Å²) in [5, 5.41) is 13.9. The summed E-state index contributed by atoms with van der Waals surface area (Å²) in [5.41, 5.74) is 0.788. The number of nitrogens with one attached hydrogen (secondary N) is 1. The van der Waals surface area contributed by atoms with E-state index in [-0.39, 0.29) is 11.6 Å². The number of likely N-dealkylation sites (N-methyl/N-ethyl adjacent to an activating group) is 2. The number of rotatable bonds is 7. The Hall–Kier alpha value is -2.15. The topological polar surface area (TPSA) is 78.7 Å². The van der Waals surface area contributed by atoms with Crippen molar-refractivity contribution in [2.45, 2.75) is 6.92 Å². The molecule has 0 spiro atoms. The fourth-order valence-electron chi connectivity index (χ4n) is 1.83. The molecule has 116 valence electrons. The van der Waals surface area contributed by atoms with Crippen LogP contribution in [0, 0.1) is 10.1 Å². The lowest BCUT2D eigenvalue weighted by Crippen LogP contribution is -2.33. The lowest BCUT2D eigenvalue weighted by molar-refractivity contribution is -0.384. The summed E-state index contributed by atoms with van der Waals surface area (Å²) < 4.78 is 0. The number of nitrogens with zero attached hydrogens (tertiary/aromatic N) is 3. The zero-order valence-electron chi connectivity index (χ0n) is 12.9. The minimum absolute atomic E-state index is 0.0238. The number of amides is 1. The lowest BCUT2D eigenvalue weighted by atomic mass is 10.1. The molecule has 0 aliphatic carbocycles. The van der Waals surface area contributed by atoms with Crippen LogP contribution in [0.3, 0.4) is 0 Å². The van der Waals surface area contributed by atoms with Gasteiger partial charge in [-0.1, -0.05) is 0 Å². The van der Waals surface area contributed by atoms with E-state index in [1.807, 2.05) is 25.9 Å². The van der Waals surface area contributed by atoms with Crippen LogP contribution in [0.4, 0.5) is 11.4 Å². The van der Waals surface area contributed by atoms with Crippen molar-refractivity contribution in [3.05, 3.63) is 33.9 Å². The minimum Gasteiger partial charge on any atom is -0.380 e. The van der Waals surface area contributed by atoms with Crippen molar-refractivity contribution in [1.82, 2.24) is 9.80 Å². The number of anilines is 1. The van der Waals surface area contributed by atoms with E-state index in [4.69, 9.17) is 0 Å². The fraction of sp³-hybridized carbons (Fsp3) is 0.500. The molecule has 0 aliphatic heterocycles. The molecule has 21 heavy (non-hydrogen) atoms. The average molecular weight is 294 g/mol. The minimum atomic E-state index is -0.456. The second kappa shape index (κ2) is 7.58. The van der Waals surface area contributed by atoms with Crippen LogP contribution in [0.25, 0.3) is 0 Å². The van der Waals surface area contributed by atoms with E-state index in [9.17, 15) is 14.9 Å². The van der Waals surface area contributed by atoms with Gasteiger partial charge in [0.15, 0.2) is 0 Å². The van der Waals surface area contributed by atoms with E-state index in [0.29, 0.717) is 24.3 Å². The van der Waals surface area contributed by atoms with Gasteiger partial charge in [-0.05, 0) is 33.2 Å². The normalized spacial score (nSPS) is 10.5. The third kappa shape index (κ3) is 4.71. The molecule has 0 saturated heterocycles. The van der Waals surface area contributed by atoms with E-state index in [0.717, 1.165) is 6.54 Å². The summed E-state index contributed by atoms with van der Waals surface area (Å²) in [4.78, 5) is 26.4. The number of carbonyl (C=O) groups is 1. The van der Waals surface area contributed by atoms with Gasteiger partial charge < -0.3 is 15.1 Å². The van der Waals surface area contributed by atoms with Gasteiger partial charge in [0.25, 0.3) is 11.6 Å². The molecule has 1 aromatic carbocycles. The molecule has 1 rings (SSSR count).